The number of nitrogens with one attached hydrogen (secondary N) is 2. The normalized spacial score (nSPS) is 12.9. The first kappa shape index (κ1) is 19.7. The van der Waals surface area contributed by atoms with Gasteiger partial charge in [-0.05, 0) is 55.3 Å². The van der Waals surface area contributed by atoms with Gasteiger partial charge < -0.3 is 15.1 Å². The Morgan fingerprint density at radius 1 is 0.875 bits per heavy atom. The van der Waals surface area contributed by atoms with Gasteiger partial charge >= 0.3 is 0 Å². The van der Waals surface area contributed by atoms with Gasteiger partial charge in [-0.25, -0.2) is 9.97 Å². The second-order valence-corrected chi connectivity index (χ2v) is 7.58. The predicted molar refractivity (Wildman–Crippen MR) is 120 cm³/mol. The van der Waals surface area contributed by atoms with E-state index in [9.17, 15) is 9.59 Å². The zero-order chi connectivity index (χ0) is 21.9. The Kier molecular flexibility index (Phi) is 5.21. The van der Waals surface area contributed by atoms with Crippen LogP contribution in [0.3, 0.4) is 0 Å². The minimum absolute atomic E-state index is 0.219. The SMILES string of the molecule is O=C(Nc1ccccn1)c1cccc(NC(=O)c2nc(-c3ccccc3)oc2C2CC2)c1. The van der Waals surface area contributed by atoms with E-state index in [1.807, 2.05) is 30.3 Å². The molecule has 0 radical (unpaired) electrons. The zero-order valence-corrected chi connectivity index (χ0v) is 17.1. The van der Waals surface area contributed by atoms with Crippen LogP contribution in [0.2, 0.25) is 0 Å². The summed E-state index contributed by atoms with van der Waals surface area (Å²) in [5, 5.41) is 5.58. The summed E-state index contributed by atoms with van der Waals surface area (Å²) in [5.41, 5.74) is 2.01. The first-order valence-corrected chi connectivity index (χ1v) is 10.4. The molecule has 7 nitrogen and oxygen atoms in total. The molecule has 2 amide bonds. The standard InChI is InChI=1S/C25H20N4O3/c30-23(28-20-11-4-5-14-26-20)18-9-6-10-19(15-18)27-24(31)21-22(16-12-13-16)32-25(29-21)17-7-2-1-3-8-17/h1-11,14-16H,12-13H2,(H,27,31)(H,26,28,30). The quantitative estimate of drug-likeness (QED) is 0.448. The molecule has 0 spiro atoms. The van der Waals surface area contributed by atoms with Gasteiger partial charge in [0.25, 0.3) is 11.8 Å². The molecule has 158 valence electrons. The first-order chi connectivity index (χ1) is 15.7. The smallest absolute Gasteiger partial charge is 0.277 e. The molecule has 32 heavy (non-hydrogen) atoms. The van der Waals surface area contributed by atoms with Crippen molar-refractivity contribution in [3.63, 3.8) is 0 Å². The van der Waals surface area contributed by atoms with Crippen LogP contribution in [-0.2, 0) is 0 Å². The van der Waals surface area contributed by atoms with Crippen LogP contribution in [0.25, 0.3) is 11.5 Å². The lowest BCUT2D eigenvalue weighted by Crippen LogP contribution is -2.16. The first-order valence-electron chi connectivity index (χ1n) is 10.4. The molecule has 7 heteroatoms. The fourth-order valence-electron chi connectivity index (χ4n) is 3.37. The monoisotopic (exact) mass is 424 g/mol. The number of benzene rings is 2. The van der Waals surface area contributed by atoms with Gasteiger partial charge in [-0.3, -0.25) is 9.59 Å². The lowest BCUT2D eigenvalue weighted by atomic mass is 10.1. The predicted octanol–water partition coefficient (Wildman–Crippen LogP) is 5.12. The molecular formula is C25H20N4O3. The highest BCUT2D eigenvalue weighted by molar-refractivity contribution is 6.07. The van der Waals surface area contributed by atoms with Gasteiger partial charge in [0.2, 0.25) is 5.89 Å². The van der Waals surface area contributed by atoms with Gasteiger partial charge in [-0.2, -0.15) is 0 Å². The van der Waals surface area contributed by atoms with E-state index in [0.29, 0.717) is 28.7 Å². The summed E-state index contributed by atoms with van der Waals surface area (Å²) in [6.07, 6.45) is 3.56. The lowest BCUT2D eigenvalue weighted by Gasteiger charge is -2.07. The van der Waals surface area contributed by atoms with Crippen LogP contribution in [0.15, 0.2) is 83.4 Å². The largest absolute Gasteiger partial charge is 0.440 e. The number of nitrogens with zero attached hydrogens (tertiary/aromatic N) is 2. The van der Waals surface area contributed by atoms with Gasteiger partial charge in [-0.15, -0.1) is 0 Å². The number of hydrogen-bond acceptors (Lipinski definition) is 5. The second-order valence-electron chi connectivity index (χ2n) is 7.58. The summed E-state index contributed by atoms with van der Waals surface area (Å²) in [7, 11) is 0. The highest BCUT2D eigenvalue weighted by atomic mass is 16.4. The molecule has 4 aromatic rings. The van der Waals surface area contributed by atoms with Gasteiger partial charge in [0, 0.05) is 28.9 Å². The van der Waals surface area contributed by atoms with Crippen molar-refractivity contribution in [2.45, 2.75) is 18.8 Å². The summed E-state index contributed by atoms with van der Waals surface area (Å²) in [5.74, 6) is 1.05. The number of anilines is 2. The highest BCUT2D eigenvalue weighted by Gasteiger charge is 2.34. The summed E-state index contributed by atoms with van der Waals surface area (Å²) >= 11 is 0. The number of aromatic nitrogens is 2. The van der Waals surface area contributed by atoms with Crippen LogP contribution in [0.4, 0.5) is 11.5 Å². The average Bonchev–Trinajstić information content (AvgIpc) is 3.58. The molecule has 2 aromatic carbocycles. The molecule has 2 aromatic heterocycles. The number of amides is 2. The Labute approximate surface area is 184 Å². The number of rotatable bonds is 6. The Morgan fingerprint density at radius 2 is 1.69 bits per heavy atom. The second kappa shape index (κ2) is 8.47. The van der Waals surface area contributed by atoms with Crippen LogP contribution in [-0.4, -0.2) is 21.8 Å². The van der Waals surface area contributed by atoms with Crippen molar-refractivity contribution >= 4 is 23.3 Å². The molecule has 5 rings (SSSR count). The summed E-state index contributed by atoms with van der Waals surface area (Å²) in [6.45, 7) is 0. The maximum atomic E-state index is 13.0. The summed E-state index contributed by atoms with van der Waals surface area (Å²) in [6, 6.07) is 21.5. The van der Waals surface area contributed by atoms with Crippen molar-refractivity contribution in [1.29, 1.82) is 0 Å². The Hall–Kier alpha value is -4.26. The van der Waals surface area contributed by atoms with Gasteiger partial charge in [-0.1, -0.05) is 30.3 Å². The van der Waals surface area contributed by atoms with Gasteiger partial charge in [0.1, 0.15) is 11.6 Å². The van der Waals surface area contributed by atoms with Gasteiger partial charge in [0.15, 0.2) is 5.69 Å². The Morgan fingerprint density at radius 3 is 2.44 bits per heavy atom. The fourth-order valence-corrected chi connectivity index (χ4v) is 3.37. The molecule has 1 fully saturated rings. The molecule has 1 saturated carbocycles. The fraction of sp³-hybridized carbons (Fsp3) is 0.120. The number of carbonyl (C=O) groups is 2. The summed E-state index contributed by atoms with van der Waals surface area (Å²) in [4.78, 5) is 34.2. The molecule has 1 aliphatic carbocycles. The molecule has 2 N–H and O–H groups in total. The topological polar surface area (TPSA) is 97.1 Å². The van der Waals surface area contributed by atoms with E-state index in [4.69, 9.17) is 4.42 Å². The van der Waals surface area contributed by atoms with Crippen LogP contribution >= 0.6 is 0 Å². The minimum atomic E-state index is -0.361. The van der Waals surface area contributed by atoms with Crippen LogP contribution in [0.1, 0.15) is 45.4 Å². The molecule has 2 heterocycles. The highest BCUT2D eigenvalue weighted by Crippen LogP contribution is 2.43. The third-order valence-electron chi connectivity index (χ3n) is 5.13. The van der Waals surface area contributed by atoms with Crippen LogP contribution in [0.5, 0.6) is 0 Å². The van der Waals surface area contributed by atoms with Crippen molar-refractivity contribution in [3.8, 4) is 11.5 Å². The molecule has 0 bridgehead atoms. The van der Waals surface area contributed by atoms with E-state index in [0.717, 1.165) is 18.4 Å². The van der Waals surface area contributed by atoms with E-state index >= 15 is 0 Å². The van der Waals surface area contributed by atoms with E-state index in [2.05, 4.69) is 20.6 Å². The van der Waals surface area contributed by atoms with E-state index in [-0.39, 0.29) is 23.4 Å². The maximum Gasteiger partial charge on any atom is 0.277 e. The molecule has 0 saturated heterocycles. The van der Waals surface area contributed by atoms with Crippen LogP contribution < -0.4 is 10.6 Å². The maximum absolute atomic E-state index is 13.0. The van der Waals surface area contributed by atoms with Crippen molar-refractivity contribution in [3.05, 3.63) is 96.0 Å². The van der Waals surface area contributed by atoms with Crippen molar-refractivity contribution in [2.75, 3.05) is 10.6 Å². The molecule has 1 aliphatic rings. The van der Waals surface area contributed by atoms with E-state index in [1.54, 1.807) is 48.7 Å². The van der Waals surface area contributed by atoms with Gasteiger partial charge in [0.05, 0.1) is 0 Å². The molecule has 0 atom stereocenters. The summed E-state index contributed by atoms with van der Waals surface area (Å²) < 4.78 is 5.97. The molecule has 0 aliphatic heterocycles. The number of carbonyl (C=O) groups excluding carboxylic acids is 2. The number of oxazole rings is 1. The van der Waals surface area contributed by atoms with Crippen molar-refractivity contribution in [2.24, 2.45) is 0 Å². The van der Waals surface area contributed by atoms with Crippen molar-refractivity contribution in [1.82, 2.24) is 9.97 Å². The molecule has 0 unspecified atom stereocenters. The van der Waals surface area contributed by atoms with Crippen LogP contribution in [0, 0.1) is 0 Å². The lowest BCUT2D eigenvalue weighted by molar-refractivity contribution is 0.101. The van der Waals surface area contributed by atoms with E-state index in [1.165, 1.54) is 0 Å². The minimum Gasteiger partial charge on any atom is -0.440 e. The Balaban J connectivity index is 1.36. The third kappa shape index (κ3) is 4.27. The Bertz CT molecular complexity index is 1260. The number of hydrogen-bond donors (Lipinski definition) is 2. The zero-order valence-electron chi connectivity index (χ0n) is 17.1. The average molecular weight is 424 g/mol. The third-order valence-corrected chi connectivity index (χ3v) is 5.13. The van der Waals surface area contributed by atoms with E-state index < -0.39 is 0 Å². The number of pyridine rings is 1. The van der Waals surface area contributed by atoms with Crippen molar-refractivity contribution < 1.29 is 14.0 Å². The molecular weight excluding hydrogens is 404 g/mol.